The van der Waals surface area contributed by atoms with Crippen molar-refractivity contribution in [2.75, 3.05) is 6.61 Å². The Balaban J connectivity index is 2.33. The number of hydrogen-bond donors (Lipinski definition) is 2. The molecular weight excluding hydrogens is 198 g/mol. The quantitative estimate of drug-likeness (QED) is 0.823. The summed E-state index contributed by atoms with van der Waals surface area (Å²) in [6, 6.07) is 14.5. The van der Waals surface area contributed by atoms with Crippen LogP contribution in [0.4, 0.5) is 0 Å². The smallest absolute Gasteiger partial charge is 0.0611 e. The van der Waals surface area contributed by atoms with Gasteiger partial charge in [-0.25, -0.2) is 0 Å². The number of nitrogens with two attached hydrogens (primary N) is 1. The number of benzene rings is 2. The molecule has 0 amide bonds. The van der Waals surface area contributed by atoms with Crippen LogP contribution in [0, 0.1) is 0 Å². The van der Waals surface area contributed by atoms with E-state index in [4.69, 9.17) is 10.8 Å². The molecule has 2 nitrogen and oxygen atoms in total. The first-order chi connectivity index (χ1) is 7.61. The zero-order valence-corrected chi connectivity index (χ0v) is 9.48. The van der Waals surface area contributed by atoms with Crippen molar-refractivity contribution in [2.24, 2.45) is 5.73 Å². The van der Waals surface area contributed by atoms with Crippen LogP contribution in [-0.2, 0) is 6.42 Å². The molecule has 0 aliphatic rings. The maximum atomic E-state index is 9.14. The van der Waals surface area contributed by atoms with Gasteiger partial charge in [0, 0.05) is 5.54 Å². The third-order valence-electron chi connectivity index (χ3n) is 2.78. The Hall–Kier alpha value is -1.38. The molecular formula is C14H17NO. The van der Waals surface area contributed by atoms with Crippen molar-refractivity contribution in [1.29, 1.82) is 0 Å². The molecule has 0 radical (unpaired) electrons. The first-order valence-electron chi connectivity index (χ1n) is 5.48. The van der Waals surface area contributed by atoms with Gasteiger partial charge in [-0.2, -0.15) is 0 Å². The molecule has 0 fully saturated rings. The minimum absolute atomic E-state index is 0.000172. The van der Waals surface area contributed by atoms with E-state index in [2.05, 4.69) is 30.3 Å². The molecule has 1 atom stereocenters. The Kier molecular flexibility index (Phi) is 2.95. The molecule has 2 heteroatoms. The molecule has 0 spiro atoms. The Morgan fingerprint density at radius 2 is 1.81 bits per heavy atom. The number of hydrogen-bond acceptors (Lipinski definition) is 2. The minimum atomic E-state index is -0.539. The molecule has 3 N–H and O–H groups in total. The first kappa shape index (κ1) is 11.1. The second-order valence-electron chi connectivity index (χ2n) is 4.67. The lowest BCUT2D eigenvalue weighted by Gasteiger charge is -2.21. The van der Waals surface area contributed by atoms with Gasteiger partial charge in [0.2, 0.25) is 0 Å². The van der Waals surface area contributed by atoms with Crippen LogP contribution in [0.3, 0.4) is 0 Å². The number of rotatable bonds is 3. The summed E-state index contributed by atoms with van der Waals surface area (Å²) in [6.07, 6.45) is 0.689. The molecule has 0 saturated heterocycles. The van der Waals surface area contributed by atoms with Crippen molar-refractivity contribution in [3.63, 3.8) is 0 Å². The third-order valence-corrected chi connectivity index (χ3v) is 2.78. The van der Waals surface area contributed by atoms with Gasteiger partial charge in [-0.15, -0.1) is 0 Å². The van der Waals surface area contributed by atoms with E-state index in [9.17, 15) is 0 Å². The Morgan fingerprint density at radius 3 is 2.50 bits per heavy atom. The molecule has 0 aliphatic carbocycles. The molecule has 0 aliphatic heterocycles. The van der Waals surface area contributed by atoms with E-state index >= 15 is 0 Å². The van der Waals surface area contributed by atoms with E-state index in [0.29, 0.717) is 6.42 Å². The van der Waals surface area contributed by atoms with E-state index < -0.39 is 5.54 Å². The highest BCUT2D eigenvalue weighted by atomic mass is 16.3. The topological polar surface area (TPSA) is 46.2 Å². The van der Waals surface area contributed by atoms with E-state index in [1.165, 1.54) is 10.8 Å². The molecule has 0 saturated carbocycles. The van der Waals surface area contributed by atoms with Gasteiger partial charge in [0.15, 0.2) is 0 Å². The molecule has 0 aromatic heterocycles. The van der Waals surface area contributed by atoms with Crippen LogP contribution < -0.4 is 5.73 Å². The van der Waals surface area contributed by atoms with Gasteiger partial charge in [-0.05, 0) is 29.7 Å². The van der Waals surface area contributed by atoms with E-state index in [-0.39, 0.29) is 6.61 Å². The Labute approximate surface area is 95.7 Å². The number of aliphatic hydroxyl groups is 1. The van der Waals surface area contributed by atoms with Crippen LogP contribution in [0.15, 0.2) is 42.5 Å². The summed E-state index contributed by atoms with van der Waals surface area (Å²) in [5.41, 5.74) is 6.57. The zero-order valence-electron chi connectivity index (χ0n) is 9.48. The van der Waals surface area contributed by atoms with Crippen LogP contribution in [0.1, 0.15) is 12.5 Å². The molecule has 0 bridgehead atoms. The highest BCUT2D eigenvalue weighted by Crippen LogP contribution is 2.18. The summed E-state index contributed by atoms with van der Waals surface area (Å²) in [5.74, 6) is 0. The van der Waals surface area contributed by atoms with Crippen molar-refractivity contribution in [2.45, 2.75) is 18.9 Å². The monoisotopic (exact) mass is 215 g/mol. The van der Waals surface area contributed by atoms with E-state index in [1.807, 2.05) is 19.1 Å². The molecule has 2 rings (SSSR count). The summed E-state index contributed by atoms with van der Waals surface area (Å²) >= 11 is 0. The minimum Gasteiger partial charge on any atom is -0.394 e. The second-order valence-corrected chi connectivity index (χ2v) is 4.67. The van der Waals surface area contributed by atoms with Gasteiger partial charge in [-0.1, -0.05) is 42.5 Å². The summed E-state index contributed by atoms with van der Waals surface area (Å²) in [4.78, 5) is 0. The van der Waals surface area contributed by atoms with Crippen LogP contribution in [-0.4, -0.2) is 17.3 Å². The van der Waals surface area contributed by atoms with Gasteiger partial charge in [-0.3, -0.25) is 0 Å². The third kappa shape index (κ3) is 2.40. The van der Waals surface area contributed by atoms with Crippen LogP contribution in [0.5, 0.6) is 0 Å². The van der Waals surface area contributed by atoms with Gasteiger partial charge < -0.3 is 10.8 Å². The lowest BCUT2D eigenvalue weighted by Crippen LogP contribution is -2.42. The largest absolute Gasteiger partial charge is 0.394 e. The number of aliphatic hydroxyl groups excluding tert-OH is 1. The molecule has 2 aromatic rings. The van der Waals surface area contributed by atoms with Crippen LogP contribution in [0.2, 0.25) is 0 Å². The predicted octanol–water partition coefficient (Wildman–Crippen LogP) is 2.09. The van der Waals surface area contributed by atoms with Gasteiger partial charge in [0.05, 0.1) is 6.61 Å². The summed E-state index contributed by atoms with van der Waals surface area (Å²) < 4.78 is 0. The zero-order chi connectivity index (χ0) is 11.6. The number of fused-ring (bicyclic) bond motifs is 1. The maximum absolute atomic E-state index is 9.14. The lowest BCUT2D eigenvalue weighted by atomic mass is 9.93. The van der Waals surface area contributed by atoms with Crippen LogP contribution >= 0.6 is 0 Å². The van der Waals surface area contributed by atoms with Crippen molar-refractivity contribution in [3.8, 4) is 0 Å². The first-order valence-corrected chi connectivity index (χ1v) is 5.48. The van der Waals surface area contributed by atoms with Gasteiger partial charge >= 0.3 is 0 Å². The molecule has 16 heavy (non-hydrogen) atoms. The Morgan fingerprint density at radius 1 is 1.12 bits per heavy atom. The predicted molar refractivity (Wildman–Crippen MR) is 67.3 cm³/mol. The summed E-state index contributed by atoms with van der Waals surface area (Å²) in [7, 11) is 0. The fourth-order valence-electron chi connectivity index (χ4n) is 1.87. The fraction of sp³-hybridized carbons (Fsp3) is 0.286. The summed E-state index contributed by atoms with van der Waals surface area (Å²) in [6.45, 7) is 1.86. The average Bonchev–Trinajstić information content (AvgIpc) is 2.28. The van der Waals surface area contributed by atoms with E-state index in [1.54, 1.807) is 0 Å². The second kappa shape index (κ2) is 4.24. The molecule has 84 valence electrons. The maximum Gasteiger partial charge on any atom is 0.0611 e. The standard InChI is InChI=1S/C14H17NO/c1-14(15,10-16)9-11-6-7-12-4-2-3-5-13(12)8-11/h2-8,16H,9-10,15H2,1H3. The normalized spacial score (nSPS) is 14.9. The molecule has 1 unspecified atom stereocenters. The average molecular weight is 215 g/mol. The van der Waals surface area contributed by atoms with Crippen molar-refractivity contribution in [1.82, 2.24) is 0 Å². The van der Waals surface area contributed by atoms with Crippen molar-refractivity contribution < 1.29 is 5.11 Å². The van der Waals surface area contributed by atoms with E-state index in [0.717, 1.165) is 5.56 Å². The fourth-order valence-corrected chi connectivity index (χ4v) is 1.87. The molecule has 0 heterocycles. The van der Waals surface area contributed by atoms with Gasteiger partial charge in [0.25, 0.3) is 0 Å². The lowest BCUT2D eigenvalue weighted by molar-refractivity contribution is 0.208. The van der Waals surface area contributed by atoms with Gasteiger partial charge in [0.1, 0.15) is 0 Å². The van der Waals surface area contributed by atoms with Crippen molar-refractivity contribution in [3.05, 3.63) is 48.0 Å². The Bertz CT molecular complexity index is 491. The molecule has 2 aromatic carbocycles. The van der Waals surface area contributed by atoms with Crippen molar-refractivity contribution >= 4 is 10.8 Å². The van der Waals surface area contributed by atoms with Crippen LogP contribution in [0.25, 0.3) is 10.8 Å². The highest BCUT2D eigenvalue weighted by molar-refractivity contribution is 5.83. The SMILES string of the molecule is CC(N)(CO)Cc1ccc2ccccc2c1. The highest BCUT2D eigenvalue weighted by Gasteiger charge is 2.17. The summed E-state index contributed by atoms with van der Waals surface area (Å²) in [5, 5.41) is 11.6.